The molecule has 2 aromatic rings. The predicted molar refractivity (Wildman–Crippen MR) is 100 cm³/mol. The second-order valence-corrected chi connectivity index (χ2v) is 6.49. The van der Waals surface area contributed by atoms with Gasteiger partial charge in [0.15, 0.2) is 17.6 Å². The van der Waals surface area contributed by atoms with Crippen LogP contribution in [0.15, 0.2) is 42.5 Å². The maximum Gasteiger partial charge on any atom is 0.261 e. The third-order valence-electron chi connectivity index (χ3n) is 4.19. The Labute approximate surface area is 158 Å². The molecule has 26 heavy (non-hydrogen) atoms. The van der Waals surface area contributed by atoms with Gasteiger partial charge in [0, 0.05) is 0 Å². The van der Waals surface area contributed by atoms with Crippen molar-refractivity contribution in [3.63, 3.8) is 0 Å². The van der Waals surface area contributed by atoms with E-state index < -0.39 is 6.10 Å². The third-order valence-corrected chi connectivity index (χ3v) is 4.51. The number of carbonyl (C=O) groups excluding carboxylic acids is 1. The van der Waals surface area contributed by atoms with Gasteiger partial charge >= 0.3 is 0 Å². The van der Waals surface area contributed by atoms with Gasteiger partial charge in [0.1, 0.15) is 19.0 Å². The minimum atomic E-state index is -0.616. The van der Waals surface area contributed by atoms with Crippen LogP contribution in [0.25, 0.3) is 0 Å². The number of hydrogen-bond donors (Lipinski definition) is 1. The summed E-state index contributed by atoms with van der Waals surface area (Å²) in [5, 5.41) is 3.48. The molecule has 0 aliphatic carbocycles. The van der Waals surface area contributed by atoms with Crippen molar-refractivity contribution in [2.45, 2.75) is 32.4 Å². The maximum absolute atomic E-state index is 12.6. The number of carbonyl (C=O) groups is 1. The molecule has 0 fully saturated rings. The number of nitrogens with one attached hydrogen (secondary N) is 1. The summed E-state index contributed by atoms with van der Waals surface area (Å²) in [7, 11) is 0. The van der Waals surface area contributed by atoms with E-state index in [0.29, 0.717) is 36.2 Å². The molecule has 138 valence electrons. The molecule has 1 aliphatic rings. The quantitative estimate of drug-likeness (QED) is 0.824. The largest absolute Gasteiger partial charge is 0.486 e. The molecular weight excluding hydrogens is 354 g/mol. The van der Waals surface area contributed by atoms with E-state index in [0.717, 1.165) is 11.3 Å². The van der Waals surface area contributed by atoms with Gasteiger partial charge in [-0.2, -0.15) is 0 Å². The van der Waals surface area contributed by atoms with Gasteiger partial charge in [-0.15, -0.1) is 0 Å². The molecule has 0 saturated heterocycles. The van der Waals surface area contributed by atoms with Gasteiger partial charge in [0.2, 0.25) is 0 Å². The zero-order valence-corrected chi connectivity index (χ0v) is 15.6. The van der Waals surface area contributed by atoms with Gasteiger partial charge in [0.05, 0.1) is 11.1 Å². The molecule has 1 aliphatic heterocycles. The molecule has 0 spiro atoms. The molecule has 0 bridgehead atoms. The third kappa shape index (κ3) is 4.22. The van der Waals surface area contributed by atoms with Gasteiger partial charge in [-0.1, -0.05) is 36.7 Å². The number of ether oxygens (including phenoxy) is 3. The van der Waals surface area contributed by atoms with E-state index in [1.54, 1.807) is 12.1 Å². The van der Waals surface area contributed by atoms with Crippen LogP contribution in [0.3, 0.4) is 0 Å². The fourth-order valence-electron chi connectivity index (χ4n) is 2.73. The Kier molecular flexibility index (Phi) is 5.89. The van der Waals surface area contributed by atoms with E-state index in [-0.39, 0.29) is 11.9 Å². The summed E-state index contributed by atoms with van der Waals surface area (Å²) in [5.41, 5.74) is 0.940. The molecule has 0 unspecified atom stereocenters. The fraction of sp³-hybridized carbons (Fsp3) is 0.350. The van der Waals surface area contributed by atoms with E-state index in [1.807, 2.05) is 44.2 Å². The molecule has 6 heteroatoms. The molecule has 0 aromatic heterocycles. The zero-order valence-electron chi connectivity index (χ0n) is 14.8. The van der Waals surface area contributed by atoms with E-state index >= 15 is 0 Å². The Bertz CT molecular complexity index is 780. The van der Waals surface area contributed by atoms with E-state index in [4.69, 9.17) is 25.8 Å². The van der Waals surface area contributed by atoms with Crippen LogP contribution < -0.4 is 19.5 Å². The monoisotopic (exact) mass is 375 g/mol. The van der Waals surface area contributed by atoms with Crippen LogP contribution in [0, 0.1) is 0 Å². The Balaban J connectivity index is 1.66. The van der Waals surface area contributed by atoms with Gasteiger partial charge in [-0.25, -0.2) is 0 Å². The van der Waals surface area contributed by atoms with Crippen LogP contribution >= 0.6 is 11.6 Å². The summed E-state index contributed by atoms with van der Waals surface area (Å²) >= 11 is 6.12. The highest BCUT2D eigenvalue weighted by Gasteiger charge is 2.22. The molecule has 1 N–H and O–H groups in total. The normalized spacial score (nSPS) is 15.0. The van der Waals surface area contributed by atoms with Crippen LogP contribution in [0.1, 0.15) is 31.9 Å². The molecule has 0 saturated carbocycles. The number of amides is 1. The molecule has 0 radical (unpaired) electrons. The Morgan fingerprint density at radius 2 is 1.92 bits per heavy atom. The molecule has 2 aromatic carbocycles. The van der Waals surface area contributed by atoms with E-state index in [9.17, 15) is 4.79 Å². The predicted octanol–water partition coefficient (Wildman–Crippen LogP) is 4.15. The van der Waals surface area contributed by atoms with Gasteiger partial charge in [-0.05, 0) is 43.2 Å². The second kappa shape index (κ2) is 8.32. The number of halogens is 1. The highest BCUT2D eigenvalue weighted by Crippen LogP contribution is 2.32. The van der Waals surface area contributed by atoms with Crippen LogP contribution in [0.4, 0.5) is 0 Å². The lowest BCUT2D eigenvalue weighted by atomic mass is 10.1. The average molecular weight is 376 g/mol. The van der Waals surface area contributed by atoms with Crippen molar-refractivity contribution in [3.05, 3.63) is 53.1 Å². The molecular formula is C20H22ClNO4. The number of fused-ring (bicyclic) bond motifs is 1. The summed E-state index contributed by atoms with van der Waals surface area (Å²) in [6, 6.07) is 12.6. The number of rotatable bonds is 6. The lowest BCUT2D eigenvalue weighted by molar-refractivity contribution is -0.128. The number of hydrogen-bond acceptors (Lipinski definition) is 4. The smallest absolute Gasteiger partial charge is 0.261 e. The highest BCUT2D eigenvalue weighted by atomic mass is 35.5. The van der Waals surface area contributed by atoms with E-state index in [2.05, 4.69) is 5.32 Å². The standard InChI is InChI=1S/C20H22ClNO4/c1-3-16(26-17-7-5-4-6-15(17)21)20(23)22-13(2)14-8-9-18-19(12-14)25-11-10-24-18/h4-9,12-13,16H,3,10-11H2,1-2H3,(H,22,23)/t13-,16+/m0/s1. The summed E-state index contributed by atoms with van der Waals surface area (Å²) in [4.78, 5) is 12.6. The van der Waals surface area contributed by atoms with Crippen molar-refractivity contribution in [3.8, 4) is 17.2 Å². The van der Waals surface area contributed by atoms with Gasteiger partial charge < -0.3 is 19.5 Å². The molecule has 1 heterocycles. The van der Waals surface area contributed by atoms with Gasteiger partial charge in [-0.3, -0.25) is 4.79 Å². The van der Waals surface area contributed by atoms with Crippen molar-refractivity contribution in [1.29, 1.82) is 0 Å². The summed E-state index contributed by atoms with van der Waals surface area (Å²) in [5.74, 6) is 1.75. The Morgan fingerprint density at radius 1 is 1.19 bits per heavy atom. The van der Waals surface area contributed by atoms with E-state index in [1.165, 1.54) is 0 Å². The van der Waals surface area contributed by atoms with Crippen LogP contribution in [0.2, 0.25) is 5.02 Å². The Hall–Kier alpha value is -2.40. The van der Waals surface area contributed by atoms with Gasteiger partial charge in [0.25, 0.3) is 5.91 Å². The van der Waals surface area contributed by atoms with Crippen LogP contribution in [-0.4, -0.2) is 25.2 Å². The first-order valence-electron chi connectivity index (χ1n) is 8.69. The maximum atomic E-state index is 12.6. The minimum Gasteiger partial charge on any atom is -0.486 e. The zero-order chi connectivity index (χ0) is 18.5. The first-order valence-corrected chi connectivity index (χ1v) is 9.07. The summed E-state index contributed by atoms with van der Waals surface area (Å²) < 4.78 is 16.9. The topological polar surface area (TPSA) is 56.8 Å². The lowest BCUT2D eigenvalue weighted by Crippen LogP contribution is -2.39. The highest BCUT2D eigenvalue weighted by molar-refractivity contribution is 6.32. The first kappa shape index (κ1) is 18.4. The van der Waals surface area contributed by atoms with Crippen molar-refractivity contribution >= 4 is 17.5 Å². The molecule has 1 amide bonds. The molecule has 5 nitrogen and oxygen atoms in total. The fourth-order valence-corrected chi connectivity index (χ4v) is 2.92. The lowest BCUT2D eigenvalue weighted by Gasteiger charge is -2.23. The second-order valence-electron chi connectivity index (χ2n) is 6.08. The first-order chi connectivity index (χ1) is 12.6. The summed E-state index contributed by atoms with van der Waals surface area (Å²) in [6.45, 7) is 4.90. The van der Waals surface area contributed by atoms with Crippen molar-refractivity contribution < 1.29 is 19.0 Å². The summed E-state index contributed by atoms with van der Waals surface area (Å²) in [6.07, 6.45) is -0.0835. The average Bonchev–Trinajstić information content (AvgIpc) is 2.66. The van der Waals surface area contributed by atoms with Crippen molar-refractivity contribution in [1.82, 2.24) is 5.32 Å². The number of benzene rings is 2. The SMILES string of the molecule is CC[C@@H](Oc1ccccc1Cl)C(=O)N[C@@H](C)c1ccc2c(c1)OCCO2. The van der Waals surface area contributed by atoms with Crippen molar-refractivity contribution in [2.75, 3.05) is 13.2 Å². The molecule has 2 atom stereocenters. The minimum absolute atomic E-state index is 0.185. The Morgan fingerprint density at radius 3 is 2.65 bits per heavy atom. The van der Waals surface area contributed by atoms with Crippen LogP contribution in [0.5, 0.6) is 17.2 Å². The number of para-hydroxylation sites is 1. The molecule has 3 rings (SSSR count). The van der Waals surface area contributed by atoms with Crippen molar-refractivity contribution in [2.24, 2.45) is 0 Å². The van der Waals surface area contributed by atoms with Crippen LogP contribution in [-0.2, 0) is 4.79 Å².